The van der Waals surface area contributed by atoms with Crippen molar-refractivity contribution in [3.05, 3.63) is 12.7 Å². The second kappa shape index (κ2) is 7.09. The molecule has 0 aliphatic heterocycles. The van der Waals surface area contributed by atoms with Crippen LogP contribution in [0.3, 0.4) is 0 Å². The van der Waals surface area contributed by atoms with E-state index in [9.17, 15) is 0 Å². The quantitative estimate of drug-likeness (QED) is 0.555. The van der Waals surface area contributed by atoms with Crippen LogP contribution in [0.25, 0.3) is 0 Å². The maximum atomic E-state index is 3.89. The van der Waals surface area contributed by atoms with Gasteiger partial charge in [-0.3, -0.25) is 0 Å². The monoisotopic (exact) mass is 194 g/mol. The van der Waals surface area contributed by atoms with Crippen molar-refractivity contribution in [3.63, 3.8) is 0 Å². The first-order valence-corrected chi connectivity index (χ1v) is 6.49. The maximum Gasteiger partial charge on any atom is -0.0322 e. The van der Waals surface area contributed by atoms with Crippen LogP contribution in [0.1, 0.15) is 64.7 Å². The summed E-state index contributed by atoms with van der Waals surface area (Å²) in [6, 6.07) is 0. The largest absolute Gasteiger partial charge is 0.103 e. The summed E-state index contributed by atoms with van der Waals surface area (Å²) in [5.74, 6) is 1.92. The highest BCUT2D eigenvalue weighted by molar-refractivity contribution is 4.78. The molecule has 1 fully saturated rings. The smallest absolute Gasteiger partial charge is 0.0322 e. The predicted molar refractivity (Wildman–Crippen MR) is 64.4 cm³/mol. The topological polar surface area (TPSA) is 0 Å². The van der Waals surface area contributed by atoms with Crippen molar-refractivity contribution < 1.29 is 0 Å². The Morgan fingerprint density at radius 1 is 1.14 bits per heavy atom. The third kappa shape index (κ3) is 3.86. The Labute approximate surface area is 89.8 Å². The van der Waals surface area contributed by atoms with E-state index in [1.165, 1.54) is 57.8 Å². The first-order chi connectivity index (χ1) is 6.88. The first-order valence-electron chi connectivity index (χ1n) is 6.49. The lowest BCUT2D eigenvalue weighted by Crippen LogP contribution is -2.15. The number of hydrogen-bond acceptors (Lipinski definition) is 0. The van der Waals surface area contributed by atoms with Crippen LogP contribution in [-0.4, -0.2) is 0 Å². The molecule has 0 aromatic rings. The summed E-state index contributed by atoms with van der Waals surface area (Å²) in [6.07, 6.45) is 15.0. The number of rotatable bonds is 4. The first kappa shape index (κ1) is 11.8. The van der Waals surface area contributed by atoms with Crippen LogP contribution >= 0.6 is 0 Å². The molecule has 1 aliphatic rings. The lowest BCUT2D eigenvalue weighted by molar-refractivity contribution is 0.259. The molecule has 1 aliphatic carbocycles. The lowest BCUT2D eigenvalue weighted by Gasteiger charge is -2.27. The van der Waals surface area contributed by atoms with E-state index in [-0.39, 0.29) is 0 Å². The Morgan fingerprint density at radius 3 is 2.21 bits per heavy atom. The summed E-state index contributed by atoms with van der Waals surface area (Å²) in [6.45, 7) is 6.23. The van der Waals surface area contributed by atoms with Crippen molar-refractivity contribution >= 4 is 0 Å². The second-order valence-corrected chi connectivity index (χ2v) is 4.80. The molecule has 82 valence electrons. The average molecular weight is 194 g/mol. The molecule has 0 aromatic carbocycles. The van der Waals surface area contributed by atoms with Gasteiger partial charge >= 0.3 is 0 Å². The zero-order valence-electron chi connectivity index (χ0n) is 9.80. The molecule has 0 amide bonds. The molecular weight excluding hydrogens is 168 g/mol. The van der Waals surface area contributed by atoms with Gasteiger partial charge in [0.25, 0.3) is 0 Å². The minimum Gasteiger partial charge on any atom is -0.103 e. The van der Waals surface area contributed by atoms with Crippen LogP contribution in [0.5, 0.6) is 0 Å². The van der Waals surface area contributed by atoms with Gasteiger partial charge in [-0.15, -0.1) is 6.58 Å². The summed E-state index contributed by atoms with van der Waals surface area (Å²) >= 11 is 0. The normalized spacial score (nSPS) is 22.4. The van der Waals surface area contributed by atoms with Crippen molar-refractivity contribution in [1.82, 2.24) is 0 Å². The molecule has 0 radical (unpaired) electrons. The van der Waals surface area contributed by atoms with E-state index >= 15 is 0 Å². The van der Waals surface area contributed by atoms with Gasteiger partial charge in [-0.2, -0.15) is 0 Å². The van der Waals surface area contributed by atoms with Crippen molar-refractivity contribution in [2.24, 2.45) is 11.8 Å². The van der Waals surface area contributed by atoms with Crippen LogP contribution in [0.15, 0.2) is 12.7 Å². The standard InChI is InChI=1S/C14H26/c1-3-10-13(4-2)14-11-8-6-5-7-9-12-14/h3,13-14H,1,4-12H2,2H3. The van der Waals surface area contributed by atoms with Crippen molar-refractivity contribution in [2.75, 3.05) is 0 Å². The third-order valence-corrected chi connectivity index (χ3v) is 3.81. The van der Waals surface area contributed by atoms with Gasteiger partial charge in [-0.1, -0.05) is 64.4 Å². The number of hydrogen-bond donors (Lipinski definition) is 0. The summed E-state index contributed by atoms with van der Waals surface area (Å²) in [5.41, 5.74) is 0. The van der Waals surface area contributed by atoms with E-state index in [0.29, 0.717) is 0 Å². The molecule has 0 heterocycles. The fourth-order valence-corrected chi connectivity index (χ4v) is 2.87. The van der Waals surface area contributed by atoms with Crippen molar-refractivity contribution in [3.8, 4) is 0 Å². The van der Waals surface area contributed by atoms with E-state index in [0.717, 1.165) is 11.8 Å². The molecular formula is C14H26. The molecule has 0 saturated heterocycles. The Balaban J connectivity index is 2.39. The lowest BCUT2D eigenvalue weighted by atomic mass is 9.79. The fraction of sp³-hybridized carbons (Fsp3) is 0.857. The van der Waals surface area contributed by atoms with Crippen molar-refractivity contribution in [2.45, 2.75) is 64.7 Å². The van der Waals surface area contributed by atoms with Gasteiger partial charge in [0, 0.05) is 0 Å². The summed E-state index contributed by atoms with van der Waals surface area (Å²) < 4.78 is 0. The van der Waals surface area contributed by atoms with Gasteiger partial charge in [0.05, 0.1) is 0 Å². The predicted octanol–water partition coefficient (Wildman–Crippen LogP) is 4.95. The highest BCUT2D eigenvalue weighted by Gasteiger charge is 2.19. The van der Waals surface area contributed by atoms with Crippen LogP contribution in [0, 0.1) is 11.8 Å². The highest BCUT2D eigenvalue weighted by atomic mass is 14.2. The van der Waals surface area contributed by atoms with Gasteiger partial charge in [0.15, 0.2) is 0 Å². The van der Waals surface area contributed by atoms with Gasteiger partial charge in [-0.05, 0) is 18.3 Å². The summed E-state index contributed by atoms with van der Waals surface area (Å²) in [4.78, 5) is 0. The number of allylic oxidation sites excluding steroid dienone is 1. The summed E-state index contributed by atoms with van der Waals surface area (Å²) in [5, 5.41) is 0. The molecule has 0 bridgehead atoms. The molecule has 0 spiro atoms. The van der Waals surface area contributed by atoms with Crippen LogP contribution in [0.4, 0.5) is 0 Å². The van der Waals surface area contributed by atoms with Crippen LogP contribution in [0.2, 0.25) is 0 Å². The van der Waals surface area contributed by atoms with Gasteiger partial charge in [0.1, 0.15) is 0 Å². The molecule has 1 rings (SSSR count). The van der Waals surface area contributed by atoms with Gasteiger partial charge < -0.3 is 0 Å². The van der Waals surface area contributed by atoms with Crippen LogP contribution < -0.4 is 0 Å². The summed E-state index contributed by atoms with van der Waals surface area (Å²) in [7, 11) is 0. The van der Waals surface area contributed by atoms with Gasteiger partial charge in [-0.25, -0.2) is 0 Å². The Hall–Kier alpha value is -0.260. The zero-order chi connectivity index (χ0) is 10.2. The van der Waals surface area contributed by atoms with E-state index in [2.05, 4.69) is 19.6 Å². The fourth-order valence-electron chi connectivity index (χ4n) is 2.87. The highest BCUT2D eigenvalue weighted by Crippen LogP contribution is 2.31. The molecule has 0 aromatic heterocycles. The van der Waals surface area contributed by atoms with E-state index in [1.807, 2.05) is 0 Å². The molecule has 1 saturated carbocycles. The molecule has 0 N–H and O–H groups in total. The Kier molecular flexibility index (Phi) is 5.98. The average Bonchev–Trinajstić information content (AvgIpc) is 2.15. The Morgan fingerprint density at radius 2 is 1.71 bits per heavy atom. The van der Waals surface area contributed by atoms with Gasteiger partial charge in [0.2, 0.25) is 0 Å². The SMILES string of the molecule is C=CCC(CC)C1CCCCCCC1. The molecule has 0 nitrogen and oxygen atoms in total. The van der Waals surface area contributed by atoms with E-state index in [4.69, 9.17) is 0 Å². The van der Waals surface area contributed by atoms with Crippen molar-refractivity contribution in [1.29, 1.82) is 0 Å². The zero-order valence-corrected chi connectivity index (χ0v) is 9.80. The minimum atomic E-state index is 0.922. The molecule has 14 heavy (non-hydrogen) atoms. The van der Waals surface area contributed by atoms with Crippen LogP contribution in [-0.2, 0) is 0 Å². The molecule has 1 atom stereocenters. The maximum absolute atomic E-state index is 3.89. The third-order valence-electron chi connectivity index (χ3n) is 3.81. The van der Waals surface area contributed by atoms with E-state index < -0.39 is 0 Å². The second-order valence-electron chi connectivity index (χ2n) is 4.80. The van der Waals surface area contributed by atoms with E-state index in [1.54, 1.807) is 0 Å². The minimum absolute atomic E-state index is 0.922. The molecule has 1 unspecified atom stereocenters. The Bertz CT molecular complexity index is 140. The molecule has 0 heteroatoms.